The van der Waals surface area contributed by atoms with Crippen LogP contribution < -0.4 is 10.0 Å². The van der Waals surface area contributed by atoms with E-state index in [1.165, 1.54) is 0 Å². The van der Waals surface area contributed by atoms with Crippen LogP contribution in [0.1, 0.15) is 22.0 Å². The number of carboxylic acids is 1. The number of halogens is 2. The minimum Gasteiger partial charge on any atom is -0.478 e. The smallest absolute Gasteiger partial charge is 0.337 e. The molecule has 3 rings (SSSR count). The normalized spacial score (nSPS) is 20.2. The van der Waals surface area contributed by atoms with Crippen molar-refractivity contribution >= 4 is 39.2 Å². The lowest BCUT2D eigenvalue weighted by atomic mass is 9.95. The molecule has 29 heavy (non-hydrogen) atoms. The molecule has 0 saturated carbocycles. The van der Waals surface area contributed by atoms with Crippen molar-refractivity contribution in [2.45, 2.75) is 11.0 Å². The number of hydrogen-bond acceptors (Lipinski definition) is 6. The number of benzene rings is 1. The zero-order valence-electron chi connectivity index (χ0n) is 15.1. The van der Waals surface area contributed by atoms with Gasteiger partial charge >= 0.3 is 5.97 Å². The molecule has 0 unspecified atom stereocenters. The predicted molar refractivity (Wildman–Crippen MR) is 108 cm³/mol. The first-order chi connectivity index (χ1) is 13.8. The van der Waals surface area contributed by atoms with Gasteiger partial charge in [0.1, 0.15) is 4.90 Å². The van der Waals surface area contributed by atoms with E-state index >= 15 is 0 Å². The van der Waals surface area contributed by atoms with Gasteiger partial charge in [0.05, 0.1) is 28.3 Å². The first kappa shape index (κ1) is 21.9. The molecule has 1 aliphatic rings. The van der Waals surface area contributed by atoms with Gasteiger partial charge in [-0.2, -0.15) is 0 Å². The molecule has 0 radical (unpaired) electrons. The van der Waals surface area contributed by atoms with Crippen molar-refractivity contribution in [2.75, 3.05) is 26.2 Å². The van der Waals surface area contributed by atoms with Gasteiger partial charge in [0.2, 0.25) is 10.0 Å². The molecule has 11 heteroatoms. The number of carboxylic acid groups (broad SMARTS) is 1. The standard InChI is InChI=1S/C18H19Cl2N3O5S/c19-15-2-1-11(6-16(15)20)17-13(8-21-3-4-28-17)9-23-29(26,27)14-5-12(18(24)25)7-22-10-14/h1-2,5-7,10,13,17,21,23H,3-4,8-9H2,(H,24,25)/t13-,17-/m0/s1. The van der Waals surface area contributed by atoms with E-state index in [4.69, 9.17) is 33.0 Å². The number of ether oxygens (including phenoxy) is 1. The molecule has 0 spiro atoms. The number of pyridine rings is 1. The summed E-state index contributed by atoms with van der Waals surface area (Å²) < 4.78 is 33.7. The second-order valence-electron chi connectivity index (χ2n) is 6.50. The van der Waals surface area contributed by atoms with Gasteiger partial charge in [-0.1, -0.05) is 29.3 Å². The van der Waals surface area contributed by atoms with E-state index in [9.17, 15) is 13.2 Å². The molecule has 2 aromatic rings. The SMILES string of the molecule is O=C(O)c1cncc(S(=O)(=O)NC[C@@H]2CNCCO[C@H]2c2ccc(Cl)c(Cl)c2)c1. The Bertz CT molecular complexity index is 1000. The molecule has 1 aromatic heterocycles. The summed E-state index contributed by atoms with van der Waals surface area (Å²) in [5, 5.41) is 13.1. The number of nitrogens with zero attached hydrogens (tertiary/aromatic N) is 1. The molecule has 8 nitrogen and oxygen atoms in total. The molecule has 3 N–H and O–H groups in total. The Labute approximate surface area is 178 Å². The summed E-state index contributed by atoms with van der Waals surface area (Å²) in [6.45, 7) is 1.67. The summed E-state index contributed by atoms with van der Waals surface area (Å²) >= 11 is 12.1. The molecule has 0 bridgehead atoms. The average molecular weight is 460 g/mol. The molecule has 2 atom stereocenters. The van der Waals surface area contributed by atoms with Crippen molar-refractivity contribution in [2.24, 2.45) is 5.92 Å². The second-order valence-corrected chi connectivity index (χ2v) is 9.08. The number of nitrogens with one attached hydrogen (secondary N) is 2. The molecule has 1 aliphatic heterocycles. The van der Waals surface area contributed by atoms with Crippen molar-refractivity contribution in [1.29, 1.82) is 0 Å². The Balaban J connectivity index is 1.79. The zero-order chi connectivity index (χ0) is 21.0. The topological polar surface area (TPSA) is 118 Å². The monoisotopic (exact) mass is 459 g/mol. The van der Waals surface area contributed by atoms with Gasteiger partial charge in [0.25, 0.3) is 0 Å². The Morgan fingerprint density at radius 3 is 2.79 bits per heavy atom. The number of carbonyl (C=O) groups is 1. The third-order valence-corrected chi connectivity index (χ3v) is 6.62. The van der Waals surface area contributed by atoms with Crippen molar-refractivity contribution < 1.29 is 23.1 Å². The summed E-state index contributed by atoms with van der Waals surface area (Å²) in [6.07, 6.45) is 1.79. The lowest BCUT2D eigenvalue weighted by Gasteiger charge is -2.25. The molecular weight excluding hydrogens is 441 g/mol. The molecular formula is C18H19Cl2N3O5S. The number of rotatable bonds is 6. The highest BCUT2D eigenvalue weighted by Gasteiger charge is 2.28. The Morgan fingerprint density at radius 1 is 1.28 bits per heavy atom. The van der Waals surface area contributed by atoms with Crippen LogP contribution in [0.15, 0.2) is 41.6 Å². The van der Waals surface area contributed by atoms with Crippen molar-refractivity contribution in [3.05, 3.63) is 57.8 Å². The Morgan fingerprint density at radius 2 is 2.07 bits per heavy atom. The molecule has 0 amide bonds. The number of aromatic carboxylic acids is 1. The summed E-state index contributed by atoms with van der Waals surface area (Å²) in [4.78, 5) is 14.6. The van der Waals surface area contributed by atoms with Gasteiger partial charge < -0.3 is 15.2 Å². The van der Waals surface area contributed by atoms with E-state index in [1.807, 2.05) is 0 Å². The fourth-order valence-corrected chi connectivity index (χ4v) is 4.40. The van der Waals surface area contributed by atoms with Crippen LogP contribution in [-0.4, -0.2) is 50.7 Å². The first-order valence-corrected chi connectivity index (χ1v) is 11.0. The minimum atomic E-state index is -3.95. The Kier molecular flexibility index (Phi) is 7.10. The van der Waals surface area contributed by atoms with Crippen LogP contribution in [-0.2, 0) is 14.8 Å². The highest BCUT2D eigenvalue weighted by atomic mass is 35.5. The van der Waals surface area contributed by atoms with Gasteiger partial charge in [-0.05, 0) is 23.8 Å². The molecule has 1 aromatic carbocycles. The van der Waals surface area contributed by atoms with E-state index in [-0.39, 0.29) is 22.9 Å². The molecule has 2 heterocycles. The van der Waals surface area contributed by atoms with Gasteiger partial charge in [-0.25, -0.2) is 17.9 Å². The van der Waals surface area contributed by atoms with E-state index in [2.05, 4.69) is 15.0 Å². The van der Waals surface area contributed by atoms with Crippen LogP contribution in [0, 0.1) is 5.92 Å². The maximum absolute atomic E-state index is 12.6. The quantitative estimate of drug-likeness (QED) is 0.606. The highest BCUT2D eigenvalue weighted by molar-refractivity contribution is 7.89. The molecule has 1 fully saturated rings. The van der Waals surface area contributed by atoms with E-state index in [0.717, 1.165) is 24.0 Å². The van der Waals surface area contributed by atoms with Crippen LogP contribution in [0.25, 0.3) is 0 Å². The fraction of sp³-hybridized carbons (Fsp3) is 0.333. The van der Waals surface area contributed by atoms with Gasteiger partial charge in [-0.3, -0.25) is 4.98 Å². The van der Waals surface area contributed by atoms with Crippen LogP contribution in [0.5, 0.6) is 0 Å². The van der Waals surface area contributed by atoms with Crippen LogP contribution >= 0.6 is 23.2 Å². The van der Waals surface area contributed by atoms with E-state index < -0.39 is 22.1 Å². The minimum absolute atomic E-state index is 0.0670. The number of hydrogen-bond donors (Lipinski definition) is 3. The predicted octanol–water partition coefficient (Wildman–Crippen LogP) is 2.34. The third kappa shape index (κ3) is 5.44. The molecule has 1 saturated heterocycles. The van der Waals surface area contributed by atoms with Gasteiger partial charge in [-0.15, -0.1) is 0 Å². The summed E-state index contributed by atoms with van der Waals surface area (Å²) in [7, 11) is -3.95. The summed E-state index contributed by atoms with van der Waals surface area (Å²) in [6, 6.07) is 6.24. The highest BCUT2D eigenvalue weighted by Crippen LogP contribution is 2.32. The molecule has 0 aliphatic carbocycles. The van der Waals surface area contributed by atoms with Crippen LogP contribution in [0.4, 0.5) is 0 Å². The van der Waals surface area contributed by atoms with Crippen LogP contribution in [0.2, 0.25) is 10.0 Å². The van der Waals surface area contributed by atoms with E-state index in [1.54, 1.807) is 18.2 Å². The largest absolute Gasteiger partial charge is 0.478 e. The van der Waals surface area contributed by atoms with E-state index in [0.29, 0.717) is 29.7 Å². The first-order valence-electron chi connectivity index (χ1n) is 8.73. The lowest BCUT2D eigenvalue weighted by Crippen LogP contribution is -2.36. The summed E-state index contributed by atoms with van der Waals surface area (Å²) in [5.74, 6) is -1.49. The maximum Gasteiger partial charge on any atom is 0.337 e. The van der Waals surface area contributed by atoms with Gasteiger partial charge in [0, 0.05) is 37.9 Å². The maximum atomic E-state index is 12.6. The van der Waals surface area contributed by atoms with Crippen molar-refractivity contribution in [1.82, 2.24) is 15.0 Å². The summed E-state index contributed by atoms with van der Waals surface area (Å²) in [5.41, 5.74) is 0.586. The molecule has 156 valence electrons. The number of aromatic nitrogens is 1. The van der Waals surface area contributed by atoms with Crippen molar-refractivity contribution in [3.63, 3.8) is 0 Å². The van der Waals surface area contributed by atoms with Gasteiger partial charge in [0.15, 0.2) is 0 Å². The average Bonchev–Trinajstić information content (AvgIpc) is 2.94. The second kappa shape index (κ2) is 9.38. The fourth-order valence-electron chi connectivity index (χ4n) is 3.01. The third-order valence-electron chi connectivity index (χ3n) is 4.49. The van der Waals surface area contributed by atoms with Crippen molar-refractivity contribution in [3.8, 4) is 0 Å². The van der Waals surface area contributed by atoms with Crippen LogP contribution in [0.3, 0.4) is 0 Å². The Hall–Kier alpha value is -1.75. The number of sulfonamides is 1. The zero-order valence-corrected chi connectivity index (χ0v) is 17.5. The lowest BCUT2D eigenvalue weighted by molar-refractivity contribution is 0.0322.